The van der Waals surface area contributed by atoms with Gasteiger partial charge in [0.1, 0.15) is 5.75 Å². The molecule has 2 heterocycles. The number of halogens is 1. The molecular formula is C20H17ClN2O3S2. The van der Waals surface area contributed by atoms with Gasteiger partial charge in [-0.05, 0) is 24.3 Å². The molecule has 0 saturated heterocycles. The van der Waals surface area contributed by atoms with Crippen molar-refractivity contribution in [3.63, 3.8) is 0 Å². The predicted octanol–water partition coefficient (Wildman–Crippen LogP) is 4.87. The van der Waals surface area contributed by atoms with Gasteiger partial charge >= 0.3 is 0 Å². The van der Waals surface area contributed by atoms with Crippen molar-refractivity contribution in [3.05, 3.63) is 80.7 Å². The molecule has 0 amide bonds. The highest BCUT2D eigenvalue weighted by Gasteiger charge is 2.17. The highest BCUT2D eigenvalue weighted by Crippen LogP contribution is 2.35. The molecule has 0 spiro atoms. The molecule has 0 bridgehead atoms. The van der Waals surface area contributed by atoms with Gasteiger partial charge < -0.3 is 14.5 Å². The Morgan fingerprint density at radius 1 is 1.11 bits per heavy atom. The molecule has 1 aliphatic heterocycles. The summed E-state index contributed by atoms with van der Waals surface area (Å²) in [6.45, 7) is 0.711. The number of aromatic amines is 1. The van der Waals surface area contributed by atoms with E-state index < -0.39 is 0 Å². The maximum absolute atomic E-state index is 12.0. The lowest BCUT2D eigenvalue weighted by atomic mass is 10.1. The van der Waals surface area contributed by atoms with Crippen molar-refractivity contribution in [1.29, 1.82) is 0 Å². The van der Waals surface area contributed by atoms with Gasteiger partial charge in [-0.1, -0.05) is 41.6 Å². The summed E-state index contributed by atoms with van der Waals surface area (Å²) >= 11 is 9.32. The molecule has 0 unspecified atom stereocenters. The lowest BCUT2D eigenvalue weighted by Gasteiger charge is -2.21. The Morgan fingerprint density at radius 3 is 2.82 bits per heavy atom. The first-order valence-corrected chi connectivity index (χ1v) is 10.9. The van der Waals surface area contributed by atoms with Gasteiger partial charge in [-0.3, -0.25) is 4.79 Å². The second kappa shape index (κ2) is 9.05. The van der Waals surface area contributed by atoms with Crippen LogP contribution in [0.25, 0.3) is 0 Å². The number of H-pyrrole nitrogens is 1. The number of aromatic nitrogens is 2. The first kappa shape index (κ1) is 19.4. The van der Waals surface area contributed by atoms with Gasteiger partial charge in [0.05, 0.1) is 12.3 Å². The third kappa shape index (κ3) is 4.91. The zero-order chi connectivity index (χ0) is 19.3. The molecule has 0 aliphatic carbocycles. The highest BCUT2D eigenvalue weighted by molar-refractivity contribution is 7.98. The fourth-order valence-electron chi connectivity index (χ4n) is 2.81. The van der Waals surface area contributed by atoms with E-state index in [1.807, 2.05) is 42.5 Å². The molecular weight excluding hydrogens is 416 g/mol. The fourth-order valence-corrected chi connectivity index (χ4v) is 4.75. The third-order valence-corrected chi connectivity index (χ3v) is 6.20. The summed E-state index contributed by atoms with van der Waals surface area (Å²) in [5.41, 5.74) is 2.49. The van der Waals surface area contributed by atoms with Crippen LogP contribution in [0.2, 0.25) is 5.02 Å². The molecule has 0 atom stereocenters. The molecule has 8 heteroatoms. The van der Waals surface area contributed by atoms with Crippen molar-refractivity contribution >= 4 is 35.1 Å². The number of benzene rings is 2. The minimum Gasteiger partial charge on any atom is -0.467 e. The zero-order valence-corrected chi connectivity index (χ0v) is 17.2. The number of hydrogen-bond acceptors (Lipinski definition) is 6. The summed E-state index contributed by atoms with van der Waals surface area (Å²) in [7, 11) is 0. The van der Waals surface area contributed by atoms with Gasteiger partial charge in [-0.25, -0.2) is 4.98 Å². The van der Waals surface area contributed by atoms with Gasteiger partial charge in [-0.15, -0.1) is 11.8 Å². The molecule has 1 aliphatic rings. The normalized spacial score (nSPS) is 13.0. The second-order valence-corrected chi connectivity index (χ2v) is 8.55. The molecule has 3 aromatic rings. The first-order chi connectivity index (χ1) is 13.7. The number of rotatable bonds is 6. The Morgan fingerprint density at radius 2 is 1.96 bits per heavy atom. The Bertz CT molecular complexity index is 1030. The summed E-state index contributed by atoms with van der Waals surface area (Å²) in [4.78, 5) is 20.6. The molecule has 2 aromatic carbocycles. The van der Waals surface area contributed by atoms with E-state index in [4.69, 9.17) is 21.1 Å². The summed E-state index contributed by atoms with van der Waals surface area (Å²) in [6.07, 6.45) is 0. The molecule has 5 nitrogen and oxygen atoms in total. The highest BCUT2D eigenvalue weighted by atomic mass is 35.5. The minimum absolute atomic E-state index is 0.154. The maximum atomic E-state index is 12.0. The summed E-state index contributed by atoms with van der Waals surface area (Å²) in [6, 6.07) is 15.3. The van der Waals surface area contributed by atoms with Crippen LogP contribution < -0.4 is 10.3 Å². The molecule has 144 valence electrons. The predicted molar refractivity (Wildman–Crippen MR) is 112 cm³/mol. The van der Waals surface area contributed by atoms with E-state index in [1.54, 1.807) is 17.8 Å². The van der Waals surface area contributed by atoms with Crippen LogP contribution in [-0.2, 0) is 22.8 Å². The van der Waals surface area contributed by atoms with Crippen molar-refractivity contribution in [3.8, 4) is 5.75 Å². The summed E-state index contributed by atoms with van der Waals surface area (Å²) in [5.74, 6) is 2.02. The van der Waals surface area contributed by atoms with Gasteiger partial charge in [0.2, 0.25) is 0 Å². The number of nitrogens with one attached hydrogen (secondary N) is 1. The van der Waals surface area contributed by atoms with E-state index in [0.717, 1.165) is 27.5 Å². The number of nitrogens with zero attached hydrogens (tertiary/aromatic N) is 1. The number of ether oxygens (including phenoxy) is 2. The number of hydrogen-bond donors (Lipinski definition) is 1. The van der Waals surface area contributed by atoms with Gasteiger partial charge in [0.15, 0.2) is 11.9 Å². The van der Waals surface area contributed by atoms with E-state index in [-0.39, 0.29) is 12.4 Å². The maximum Gasteiger partial charge on any atom is 0.251 e. The molecule has 4 rings (SSSR count). The SMILES string of the molecule is O=c1cc(CSc2ccccc2)nc(SCc2cc(Cl)cc3c2OCOC3)[nH]1. The second-order valence-electron chi connectivity index (χ2n) is 6.10. The van der Waals surface area contributed by atoms with Crippen LogP contribution in [0.5, 0.6) is 5.75 Å². The standard InChI is InChI=1S/C20H17ClN2O3S2/c21-15-6-13-9-25-12-26-19(13)14(7-15)10-28-20-22-16(8-18(24)23-20)11-27-17-4-2-1-3-5-17/h1-8H,9-12H2,(H,22,23,24). The minimum atomic E-state index is -0.154. The van der Waals surface area contributed by atoms with Crippen molar-refractivity contribution < 1.29 is 9.47 Å². The Hall–Kier alpha value is -1.93. The molecule has 0 saturated carbocycles. The van der Waals surface area contributed by atoms with E-state index >= 15 is 0 Å². The van der Waals surface area contributed by atoms with Crippen molar-refractivity contribution in [2.24, 2.45) is 0 Å². The van der Waals surface area contributed by atoms with Crippen LogP contribution in [-0.4, -0.2) is 16.8 Å². The Kier molecular flexibility index (Phi) is 6.26. The molecule has 1 N–H and O–H groups in total. The third-order valence-electron chi connectivity index (χ3n) is 4.02. The molecule has 28 heavy (non-hydrogen) atoms. The van der Waals surface area contributed by atoms with E-state index in [9.17, 15) is 4.79 Å². The number of thioether (sulfide) groups is 2. The molecule has 0 radical (unpaired) electrons. The lowest BCUT2D eigenvalue weighted by Crippen LogP contribution is -2.13. The van der Waals surface area contributed by atoms with Crippen LogP contribution in [0.4, 0.5) is 0 Å². The van der Waals surface area contributed by atoms with Gasteiger partial charge in [-0.2, -0.15) is 0 Å². The average molecular weight is 433 g/mol. The first-order valence-electron chi connectivity index (χ1n) is 8.60. The van der Waals surface area contributed by atoms with Crippen LogP contribution in [0.3, 0.4) is 0 Å². The van der Waals surface area contributed by atoms with Crippen LogP contribution in [0.15, 0.2) is 63.4 Å². The topological polar surface area (TPSA) is 64.2 Å². The molecule has 1 aromatic heterocycles. The van der Waals surface area contributed by atoms with Gasteiger partial charge in [0.25, 0.3) is 5.56 Å². The van der Waals surface area contributed by atoms with E-state index in [0.29, 0.717) is 28.3 Å². The molecule has 0 fully saturated rings. The Labute approximate surface area is 175 Å². The van der Waals surface area contributed by atoms with Crippen LogP contribution >= 0.6 is 35.1 Å². The number of fused-ring (bicyclic) bond motifs is 1. The van der Waals surface area contributed by atoms with Crippen LogP contribution in [0, 0.1) is 0 Å². The van der Waals surface area contributed by atoms with Crippen molar-refractivity contribution in [2.45, 2.75) is 28.2 Å². The summed E-state index contributed by atoms with van der Waals surface area (Å²) < 4.78 is 11.0. The van der Waals surface area contributed by atoms with Gasteiger partial charge in [0, 0.05) is 38.6 Å². The van der Waals surface area contributed by atoms with Crippen molar-refractivity contribution in [1.82, 2.24) is 9.97 Å². The van der Waals surface area contributed by atoms with Crippen LogP contribution in [0.1, 0.15) is 16.8 Å². The fraction of sp³-hybridized carbons (Fsp3) is 0.200. The zero-order valence-electron chi connectivity index (χ0n) is 14.8. The monoisotopic (exact) mass is 432 g/mol. The smallest absolute Gasteiger partial charge is 0.251 e. The van der Waals surface area contributed by atoms with E-state index in [1.165, 1.54) is 11.8 Å². The summed E-state index contributed by atoms with van der Waals surface area (Å²) in [5, 5.41) is 1.22. The van der Waals surface area contributed by atoms with Crippen molar-refractivity contribution in [2.75, 3.05) is 6.79 Å². The average Bonchev–Trinajstić information content (AvgIpc) is 2.71. The lowest BCUT2D eigenvalue weighted by molar-refractivity contribution is -0.0168. The Balaban J connectivity index is 1.47. The quantitative estimate of drug-likeness (QED) is 0.442. The van der Waals surface area contributed by atoms with E-state index in [2.05, 4.69) is 9.97 Å². The largest absolute Gasteiger partial charge is 0.467 e.